The van der Waals surface area contributed by atoms with Gasteiger partial charge in [0.15, 0.2) is 7.85 Å². The van der Waals surface area contributed by atoms with Crippen LogP contribution in [0.25, 0.3) is 0 Å². The van der Waals surface area contributed by atoms with Crippen LogP contribution in [0.3, 0.4) is 0 Å². The van der Waals surface area contributed by atoms with Gasteiger partial charge in [-0.3, -0.25) is 4.98 Å². The molecule has 0 saturated heterocycles. The van der Waals surface area contributed by atoms with Crippen molar-refractivity contribution in [3.63, 3.8) is 0 Å². The average molecular weight is 125 g/mol. The second-order valence-electron chi connectivity index (χ2n) is 1.72. The fourth-order valence-corrected chi connectivity index (χ4v) is 1.29. The number of hydrogen-bond acceptors (Lipinski definition) is 2. The van der Waals surface area contributed by atoms with Crippen molar-refractivity contribution in [2.45, 2.75) is 13.3 Å². The molecular weight excluding hydrogens is 117 g/mol. The Labute approximate surface area is 54.2 Å². The van der Waals surface area contributed by atoms with E-state index < -0.39 is 0 Å². The number of hydrogen-bond donors (Lipinski definition) is 0. The second-order valence-corrected chi connectivity index (χ2v) is 3.04. The molecule has 3 heteroatoms. The van der Waals surface area contributed by atoms with Crippen LogP contribution < -0.4 is 4.78 Å². The highest BCUT2D eigenvalue weighted by atomic mass is 32.1. The minimum atomic E-state index is 1.07. The van der Waals surface area contributed by atoms with Gasteiger partial charge in [0.05, 0.1) is 5.01 Å². The molecule has 0 aromatic carbocycles. The quantitative estimate of drug-likeness (QED) is 0.480. The molecule has 1 rings (SSSR count). The highest BCUT2D eigenvalue weighted by Gasteiger charge is 1.91. The molecule has 0 atom stereocenters. The first-order valence-corrected chi connectivity index (χ1v) is 3.56. The Hall–Kier alpha value is -0.305. The Morgan fingerprint density at radius 3 is 2.88 bits per heavy atom. The molecule has 0 unspecified atom stereocenters. The molecule has 0 aliphatic heterocycles. The monoisotopic (exact) mass is 125 g/mol. The van der Waals surface area contributed by atoms with E-state index in [4.69, 9.17) is 0 Å². The maximum absolute atomic E-state index is 4.15. The van der Waals surface area contributed by atoms with Crippen molar-refractivity contribution < 1.29 is 0 Å². The number of rotatable bonds is 1. The molecule has 42 valence electrons. The lowest BCUT2D eigenvalue weighted by molar-refractivity contribution is 1.09. The van der Waals surface area contributed by atoms with E-state index >= 15 is 0 Å². The lowest BCUT2D eigenvalue weighted by atomic mass is 10.1. The van der Waals surface area contributed by atoms with E-state index in [9.17, 15) is 0 Å². The van der Waals surface area contributed by atoms with Crippen LogP contribution in [-0.2, 0) is 6.42 Å². The smallest absolute Gasteiger partial charge is 0.154 e. The molecule has 0 spiro atoms. The maximum atomic E-state index is 4.15. The van der Waals surface area contributed by atoms with E-state index in [1.165, 1.54) is 9.78 Å². The van der Waals surface area contributed by atoms with Crippen LogP contribution in [-0.4, -0.2) is 12.8 Å². The zero-order chi connectivity index (χ0) is 5.98. The molecule has 0 aliphatic rings. The van der Waals surface area contributed by atoms with Crippen molar-refractivity contribution in [2.24, 2.45) is 0 Å². The molecule has 8 heavy (non-hydrogen) atoms. The van der Waals surface area contributed by atoms with E-state index in [-0.39, 0.29) is 0 Å². The molecule has 1 aromatic heterocycles. The van der Waals surface area contributed by atoms with Crippen LogP contribution in [0.4, 0.5) is 0 Å². The fourth-order valence-electron chi connectivity index (χ4n) is 0.565. The van der Waals surface area contributed by atoms with Gasteiger partial charge in [-0.2, -0.15) is 0 Å². The summed E-state index contributed by atoms with van der Waals surface area (Å²) in [7, 11) is 2.08. The van der Waals surface area contributed by atoms with Gasteiger partial charge in [0.2, 0.25) is 0 Å². The van der Waals surface area contributed by atoms with Gasteiger partial charge < -0.3 is 0 Å². The third-order valence-corrected chi connectivity index (χ3v) is 2.03. The number of aromatic nitrogens is 1. The normalized spacial score (nSPS) is 9.62. The molecule has 0 fully saturated rings. The van der Waals surface area contributed by atoms with Gasteiger partial charge in [0.25, 0.3) is 0 Å². The Balaban J connectivity index is 2.84. The van der Waals surface area contributed by atoms with Crippen molar-refractivity contribution in [3.8, 4) is 0 Å². The molecule has 1 aromatic rings. The van der Waals surface area contributed by atoms with E-state index in [1.54, 1.807) is 11.3 Å². The Kier molecular flexibility index (Phi) is 1.68. The van der Waals surface area contributed by atoms with Crippen molar-refractivity contribution in [3.05, 3.63) is 11.2 Å². The number of aryl methyl sites for hydroxylation is 1. The summed E-state index contributed by atoms with van der Waals surface area (Å²) in [5.41, 5.74) is 0. The van der Waals surface area contributed by atoms with E-state index in [1.807, 2.05) is 6.20 Å². The summed E-state index contributed by atoms with van der Waals surface area (Å²) in [5.74, 6) is 0. The molecule has 0 saturated carbocycles. The largest absolute Gasteiger partial charge is 0.250 e. The number of thiazole rings is 1. The Morgan fingerprint density at radius 2 is 2.62 bits per heavy atom. The van der Waals surface area contributed by atoms with Crippen LogP contribution in [0, 0.1) is 0 Å². The molecule has 0 N–H and O–H groups in total. The van der Waals surface area contributed by atoms with Crippen molar-refractivity contribution in [1.82, 2.24) is 4.98 Å². The lowest BCUT2D eigenvalue weighted by Gasteiger charge is -1.78. The standard InChI is InChI=1S/C5H8BNS/c1-2-5-7-3-4(6)8-5/h3H,2,6H2,1H3. The molecular formula is C5H8BNS. The van der Waals surface area contributed by atoms with E-state index in [0.29, 0.717) is 0 Å². The van der Waals surface area contributed by atoms with Gasteiger partial charge in [0.1, 0.15) is 0 Å². The first kappa shape index (κ1) is 5.82. The first-order valence-electron chi connectivity index (χ1n) is 2.74. The average Bonchev–Trinajstić information content (AvgIpc) is 2.14. The lowest BCUT2D eigenvalue weighted by Crippen LogP contribution is -1.89. The van der Waals surface area contributed by atoms with Gasteiger partial charge in [0, 0.05) is 6.20 Å². The summed E-state index contributed by atoms with van der Waals surface area (Å²) in [5, 5.41) is 1.24. The van der Waals surface area contributed by atoms with Gasteiger partial charge in [-0.1, -0.05) is 6.92 Å². The fraction of sp³-hybridized carbons (Fsp3) is 0.400. The van der Waals surface area contributed by atoms with Crippen LogP contribution in [0.5, 0.6) is 0 Å². The highest BCUT2D eigenvalue weighted by molar-refractivity contribution is 7.19. The van der Waals surface area contributed by atoms with E-state index in [0.717, 1.165) is 6.42 Å². The molecule has 1 heterocycles. The predicted octanol–water partition coefficient (Wildman–Crippen LogP) is -0.0361. The van der Waals surface area contributed by atoms with Gasteiger partial charge in [-0.05, 0) is 11.2 Å². The summed E-state index contributed by atoms with van der Waals surface area (Å²) in [4.78, 5) is 4.15. The maximum Gasteiger partial charge on any atom is 0.154 e. The Bertz CT molecular complexity index is 173. The van der Waals surface area contributed by atoms with Crippen molar-refractivity contribution in [2.75, 3.05) is 0 Å². The minimum absolute atomic E-state index is 1.07. The second kappa shape index (κ2) is 2.31. The first-order chi connectivity index (χ1) is 3.83. The van der Waals surface area contributed by atoms with Crippen LogP contribution >= 0.6 is 11.3 Å². The van der Waals surface area contributed by atoms with Crippen molar-refractivity contribution in [1.29, 1.82) is 0 Å². The highest BCUT2D eigenvalue weighted by Crippen LogP contribution is 1.99. The Morgan fingerprint density at radius 1 is 1.88 bits per heavy atom. The van der Waals surface area contributed by atoms with Crippen LogP contribution in [0.2, 0.25) is 0 Å². The molecule has 0 bridgehead atoms. The van der Waals surface area contributed by atoms with Gasteiger partial charge in [-0.25, -0.2) is 0 Å². The molecule has 0 radical (unpaired) electrons. The molecule has 0 amide bonds. The molecule has 1 nitrogen and oxygen atoms in total. The van der Waals surface area contributed by atoms with E-state index in [2.05, 4.69) is 19.8 Å². The van der Waals surface area contributed by atoms with Crippen LogP contribution in [0.15, 0.2) is 6.20 Å². The zero-order valence-corrected chi connectivity index (χ0v) is 5.96. The topological polar surface area (TPSA) is 12.9 Å². The SMILES string of the molecule is Bc1cnc(CC)s1. The zero-order valence-electron chi connectivity index (χ0n) is 5.14. The summed E-state index contributed by atoms with van der Waals surface area (Å²) in [6.07, 6.45) is 2.99. The summed E-state index contributed by atoms with van der Waals surface area (Å²) in [6.45, 7) is 2.12. The van der Waals surface area contributed by atoms with Crippen molar-refractivity contribution >= 4 is 24.0 Å². The number of nitrogens with zero attached hydrogens (tertiary/aromatic N) is 1. The summed E-state index contributed by atoms with van der Waals surface area (Å²) >= 11 is 1.78. The minimum Gasteiger partial charge on any atom is -0.250 e. The predicted molar refractivity (Wildman–Crippen MR) is 39.7 cm³/mol. The van der Waals surface area contributed by atoms with Crippen LogP contribution in [0.1, 0.15) is 11.9 Å². The summed E-state index contributed by atoms with van der Waals surface area (Å²) in [6, 6.07) is 0. The molecule has 0 aliphatic carbocycles. The van der Waals surface area contributed by atoms with Gasteiger partial charge in [-0.15, -0.1) is 11.3 Å². The third kappa shape index (κ3) is 1.10. The summed E-state index contributed by atoms with van der Waals surface area (Å²) < 4.78 is 1.31. The van der Waals surface area contributed by atoms with Gasteiger partial charge >= 0.3 is 0 Å². The third-order valence-electron chi connectivity index (χ3n) is 0.972.